The van der Waals surface area contributed by atoms with E-state index in [0.717, 1.165) is 19.3 Å². The molecular formula is C17H20ClF3N4O. The molecule has 0 aromatic heterocycles. The van der Waals surface area contributed by atoms with Gasteiger partial charge in [-0.2, -0.15) is 13.2 Å². The molecule has 5 nitrogen and oxygen atoms in total. The van der Waals surface area contributed by atoms with Gasteiger partial charge in [-0.3, -0.25) is 10.2 Å². The highest BCUT2D eigenvalue weighted by molar-refractivity contribution is 6.31. The highest BCUT2D eigenvalue weighted by atomic mass is 35.5. The van der Waals surface area contributed by atoms with Crippen molar-refractivity contribution in [1.82, 2.24) is 4.90 Å². The Morgan fingerprint density at radius 1 is 1.38 bits per heavy atom. The molecule has 0 atom stereocenters. The van der Waals surface area contributed by atoms with E-state index in [-0.39, 0.29) is 12.5 Å². The van der Waals surface area contributed by atoms with Crippen LogP contribution in [0.15, 0.2) is 30.0 Å². The highest BCUT2D eigenvalue weighted by Gasteiger charge is 2.34. The van der Waals surface area contributed by atoms with Crippen LogP contribution in [-0.2, 0) is 11.3 Å². The molecule has 26 heavy (non-hydrogen) atoms. The minimum absolute atomic E-state index is 0.0995. The molecule has 1 amide bonds. The fraction of sp³-hybridized carbons (Fsp3) is 0.412. The van der Waals surface area contributed by atoms with Gasteiger partial charge >= 0.3 is 6.18 Å². The normalized spacial score (nSPS) is 15.5. The number of carbonyl (C=O) groups excluding carboxylic acids is 1. The number of halogens is 4. The molecular weight excluding hydrogens is 369 g/mol. The van der Waals surface area contributed by atoms with E-state index in [2.05, 4.69) is 0 Å². The van der Waals surface area contributed by atoms with Crippen molar-refractivity contribution >= 4 is 28.9 Å². The second kappa shape index (κ2) is 7.99. The summed E-state index contributed by atoms with van der Waals surface area (Å²) in [5.74, 6) is -0.472. The molecule has 1 aromatic rings. The van der Waals surface area contributed by atoms with Crippen LogP contribution >= 0.6 is 11.6 Å². The summed E-state index contributed by atoms with van der Waals surface area (Å²) < 4.78 is 37.5. The molecule has 0 heterocycles. The van der Waals surface area contributed by atoms with Crippen LogP contribution in [0.1, 0.15) is 24.8 Å². The molecule has 1 aromatic carbocycles. The van der Waals surface area contributed by atoms with Crippen molar-refractivity contribution in [2.75, 3.05) is 12.3 Å². The van der Waals surface area contributed by atoms with Gasteiger partial charge in [-0.25, -0.2) is 0 Å². The molecule has 0 saturated heterocycles. The lowest BCUT2D eigenvalue weighted by Gasteiger charge is -2.32. The number of hydrogen-bond donors (Lipinski definition) is 3. The molecule has 2 rings (SSSR count). The molecule has 0 unspecified atom stereocenters. The maximum absolute atomic E-state index is 12.6. The third kappa shape index (κ3) is 5.14. The Balaban J connectivity index is 2.21. The topological polar surface area (TPSA) is 96.2 Å². The Morgan fingerprint density at radius 3 is 2.54 bits per heavy atom. The Morgan fingerprint density at radius 2 is 2.04 bits per heavy atom. The molecule has 142 valence electrons. The summed E-state index contributed by atoms with van der Waals surface area (Å²) in [5, 5.41) is 7.35. The number of rotatable bonds is 6. The van der Waals surface area contributed by atoms with E-state index in [1.165, 1.54) is 4.90 Å². The van der Waals surface area contributed by atoms with Crippen molar-refractivity contribution in [1.29, 1.82) is 5.41 Å². The SMILES string of the molecule is N=C(/C=C(\N)C(=O)N(Cc1ccc(N)cc1Cl)CC1CCC1)C(F)(F)F. The molecule has 1 saturated carbocycles. The number of nitrogens with one attached hydrogen (secondary N) is 1. The number of nitrogen functional groups attached to an aromatic ring is 1. The van der Waals surface area contributed by atoms with Gasteiger partial charge in [0.25, 0.3) is 5.91 Å². The largest absolute Gasteiger partial charge is 0.432 e. The van der Waals surface area contributed by atoms with Gasteiger partial charge in [0.2, 0.25) is 0 Å². The lowest BCUT2D eigenvalue weighted by molar-refractivity contribution is -0.128. The maximum Gasteiger partial charge on any atom is 0.432 e. The van der Waals surface area contributed by atoms with Crippen LogP contribution in [0, 0.1) is 11.3 Å². The lowest BCUT2D eigenvalue weighted by Crippen LogP contribution is -2.40. The van der Waals surface area contributed by atoms with E-state index >= 15 is 0 Å². The van der Waals surface area contributed by atoms with Crippen molar-refractivity contribution in [3.8, 4) is 0 Å². The molecule has 0 bridgehead atoms. The van der Waals surface area contributed by atoms with Crippen LogP contribution in [-0.4, -0.2) is 29.2 Å². The number of nitrogens with zero attached hydrogens (tertiary/aromatic N) is 1. The summed E-state index contributed by atoms with van der Waals surface area (Å²) in [7, 11) is 0. The van der Waals surface area contributed by atoms with E-state index in [9.17, 15) is 18.0 Å². The van der Waals surface area contributed by atoms with E-state index < -0.39 is 23.5 Å². The first kappa shape index (κ1) is 20.1. The van der Waals surface area contributed by atoms with Gasteiger partial charge in [0.05, 0.1) is 5.70 Å². The van der Waals surface area contributed by atoms with Crippen LogP contribution in [0.25, 0.3) is 0 Å². The lowest BCUT2D eigenvalue weighted by atomic mass is 9.85. The predicted molar refractivity (Wildman–Crippen MR) is 94.7 cm³/mol. The number of anilines is 1. The average molecular weight is 389 g/mol. The van der Waals surface area contributed by atoms with Crippen molar-refractivity contribution in [3.05, 3.63) is 40.6 Å². The number of allylic oxidation sites excluding steroid dienone is 1. The zero-order chi connectivity index (χ0) is 19.5. The quantitative estimate of drug-likeness (QED) is 0.395. The second-order valence-electron chi connectivity index (χ2n) is 6.34. The van der Waals surface area contributed by atoms with E-state index in [4.69, 9.17) is 28.5 Å². The summed E-state index contributed by atoms with van der Waals surface area (Å²) in [6, 6.07) is 4.84. The van der Waals surface area contributed by atoms with Gasteiger partial charge in [-0.05, 0) is 42.5 Å². The zero-order valence-electron chi connectivity index (χ0n) is 13.9. The predicted octanol–water partition coefficient (Wildman–Crippen LogP) is 3.48. The number of benzene rings is 1. The van der Waals surface area contributed by atoms with E-state index in [1.54, 1.807) is 18.2 Å². The molecule has 5 N–H and O–H groups in total. The Kier molecular flexibility index (Phi) is 6.17. The molecule has 0 radical (unpaired) electrons. The van der Waals surface area contributed by atoms with E-state index in [0.29, 0.717) is 28.9 Å². The molecule has 1 aliphatic rings. The standard InChI is InChI=1S/C17H20ClF3N4O/c18-13-6-12(22)5-4-11(13)9-25(8-10-2-1-3-10)16(26)14(23)7-15(24)17(19,20)21/h4-7,10,24H,1-3,8-9,22-23H2/b14-7-,24-15?. The van der Waals surface area contributed by atoms with E-state index in [1.807, 2.05) is 0 Å². The summed E-state index contributed by atoms with van der Waals surface area (Å²) in [4.78, 5) is 13.9. The smallest absolute Gasteiger partial charge is 0.399 e. The van der Waals surface area contributed by atoms with Gasteiger partial charge < -0.3 is 16.4 Å². The fourth-order valence-electron chi connectivity index (χ4n) is 2.59. The Bertz CT molecular complexity index is 729. The molecule has 1 aliphatic carbocycles. The number of hydrogen-bond acceptors (Lipinski definition) is 4. The van der Waals surface area contributed by atoms with Gasteiger partial charge in [0, 0.05) is 23.8 Å². The molecule has 1 fully saturated rings. The molecule has 0 spiro atoms. The number of nitrogens with two attached hydrogens (primary N) is 2. The molecule has 0 aliphatic heterocycles. The minimum Gasteiger partial charge on any atom is -0.399 e. The zero-order valence-corrected chi connectivity index (χ0v) is 14.7. The maximum atomic E-state index is 12.6. The van der Waals surface area contributed by atoms with Crippen LogP contribution in [0.2, 0.25) is 5.02 Å². The molecule has 9 heteroatoms. The van der Waals surface area contributed by atoms with Crippen molar-refractivity contribution in [2.24, 2.45) is 11.7 Å². The monoisotopic (exact) mass is 388 g/mol. The van der Waals surface area contributed by atoms with Crippen molar-refractivity contribution < 1.29 is 18.0 Å². The van der Waals surface area contributed by atoms with Gasteiger partial charge in [0.15, 0.2) is 0 Å². The number of carbonyl (C=O) groups is 1. The number of alkyl halides is 3. The fourth-order valence-corrected chi connectivity index (χ4v) is 2.83. The first-order valence-electron chi connectivity index (χ1n) is 8.04. The second-order valence-corrected chi connectivity index (χ2v) is 6.75. The minimum atomic E-state index is -4.86. The summed E-state index contributed by atoms with van der Waals surface area (Å²) in [6.45, 7) is 0.468. The summed E-state index contributed by atoms with van der Waals surface area (Å²) in [5.41, 5.74) is 9.98. The van der Waals surface area contributed by atoms with Crippen molar-refractivity contribution in [3.63, 3.8) is 0 Å². The third-order valence-corrected chi connectivity index (χ3v) is 4.63. The Hall–Kier alpha value is -2.22. The van der Waals surface area contributed by atoms with Crippen LogP contribution in [0.5, 0.6) is 0 Å². The summed E-state index contributed by atoms with van der Waals surface area (Å²) in [6.07, 6.45) is -1.56. The average Bonchev–Trinajstić information content (AvgIpc) is 2.49. The first-order valence-corrected chi connectivity index (χ1v) is 8.42. The van der Waals surface area contributed by atoms with Gasteiger partial charge in [-0.1, -0.05) is 24.1 Å². The third-order valence-electron chi connectivity index (χ3n) is 4.28. The van der Waals surface area contributed by atoms with Crippen LogP contribution in [0.3, 0.4) is 0 Å². The Labute approximate surface area is 154 Å². The van der Waals surface area contributed by atoms with Crippen LogP contribution in [0.4, 0.5) is 18.9 Å². The first-order chi connectivity index (χ1) is 12.1. The summed E-state index contributed by atoms with van der Waals surface area (Å²) >= 11 is 6.14. The van der Waals surface area contributed by atoms with Crippen molar-refractivity contribution in [2.45, 2.75) is 32.0 Å². The number of amides is 1. The highest BCUT2D eigenvalue weighted by Crippen LogP contribution is 2.29. The van der Waals surface area contributed by atoms with Gasteiger partial charge in [0.1, 0.15) is 5.71 Å². The van der Waals surface area contributed by atoms with Crippen LogP contribution < -0.4 is 11.5 Å². The van der Waals surface area contributed by atoms with Gasteiger partial charge in [-0.15, -0.1) is 0 Å².